The summed E-state index contributed by atoms with van der Waals surface area (Å²) < 4.78 is 34.6. The molecule has 4 rings (SSSR count). The number of benzene rings is 3. The number of methoxy groups -OCH3 is 1. The van der Waals surface area contributed by atoms with Gasteiger partial charge in [-0.05, 0) is 42.8 Å². The molecule has 6 nitrogen and oxygen atoms in total. The summed E-state index contributed by atoms with van der Waals surface area (Å²) in [6.07, 6.45) is 0. The van der Waals surface area contributed by atoms with Gasteiger partial charge in [0, 0.05) is 22.8 Å². The molecule has 0 bridgehead atoms. The van der Waals surface area contributed by atoms with Gasteiger partial charge in [0.15, 0.2) is 5.76 Å². The molecule has 3 aromatic carbocycles. The first kappa shape index (κ1) is 19.9. The lowest BCUT2D eigenvalue weighted by molar-refractivity contribution is 0.414. The van der Waals surface area contributed by atoms with Gasteiger partial charge in [0.05, 0.1) is 12.0 Å². The van der Waals surface area contributed by atoms with E-state index < -0.39 is 10.0 Å². The molecule has 4 aromatic rings. The fraction of sp³-hybridized carbons (Fsp3) is 0.0870. The normalized spacial score (nSPS) is 11.4. The first-order chi connectivity index (χ1) is 14.3. The molecule has 30 heavy (non-hydrogen) atoms. The van der Waals surface area contributed by atoms with E-state index in [1.807, 2.05) is 67.6 Å². The van der Waals surface area contributed by atoms with Crippen molar-refractivity contribution < 1.29 is 17.7 Å². The van der Waals surface area contributed by atoms with Crippen molar-refractivity contribution in [1.29, 1.82) is 0 Å². The lowest BCUT2D eigenvalue weighted by Crippen LogP contribution is -2.13. The van der Waals surface area contributed by atoms with E-state index in [0.29, 0.717) is 17.0 Å². The largest absolute Gasteiger partial charge is 0.497 e. The van der Waals surface area contributed by atoms with E-state index in [1.165, 1.54) is 6.07 Å². The third kappa shape index (κ3) is 3.98. The average Bonchev–Trinajstić information content (AvgIpc) is 3.23. The van der Waals surface area contributed by atoms with E-state index in [-0.39, 0.29) is 4.90 Å². The predicted molar refractivity (Wildman–Crippen MR) is 115 cm³/mol. The minimum Gasteiger partial charge on any atom is -0.497 e. The van der Waals surface area contributed by atoms with Crippen LogP contribution in [0.2, 0.25) is 0 Å². The van der Waals surface area contributed by atoms with Crippen molar-refractivity contribution in [2.45, 2.75) is 11.8 Å². The minimum absolute atomic E-state index is 0.101. The molecule has 0 unspecified atom stereocenters. The van der Waals surface area contributed by atoms with E-state index in [0.717, 1.165) is 28.0 Å². The Labute approximate surface area is 175 Å². The van der Waals surface area contributed by atoms with Gasteiger partial charge in [0.25, 0.3) is 0 Å². The van der Waals surface area contributed by atoms with Crippen molar-refractivity contribution in [3.63, 3.8) is 0 Å². The molecule has 0 aliphatic heterocycles. The van der Waals surface area contributed by atoms with Gasteiger partial charge in [0.2, 0.25) is 10.0 Å². The number of sulfonamides is 1. The second kappa shape index (κ2) is 7.78. The van der Waals surface area contributed by atoms with Crippen molar-refractivity contribution in [1.82, 2.24) is 5.16 Å². The van der Waals surface area contributed by atoms with Crippen LogP contribution < -0.4 is 9.88 Å². The van der Waals surface area contributed by atoms with E-state index in [1.54, 1.807) is 13.2 Å². The van der Waals surface area contributed by atoms with Gasteiger partial charge >= 0.3 is 0 Å². The molecule has 0 spiro atoms. The number of ether oxygens (including phenoxy) is 1. The molecule has 0 radical (unpaired) electrons. The van der Waals surface area contributed by atoms with E-state index in [9.17, 15) is 8.42 Å². The molecule has 152 valence electrons. The maximum Gasteiger partial charge on any atom is 0.238 e. The number of rotatable bonds is 5. The van der Waals surface area contributed by atoms with Crippen molar-refractivity contribution in [2.75, 3.05) is 7.11 Å². The van der Waals surface area contributed by atoms with Crippen molar-refractivity contribution in [3.8, 4) is 39.5 Å². The Morgan fingerprint density at radius 1 is 0.867 bits per heavy atom. The Kier molecular flexibility index (Phi) is 5.15. The van der Waals surface area contributed by atoms with Gasteiger partial charge in [-0.15, -0.1) is 0 Å². The highest BCUT2D eigenvalue weighted by molar-refractivity contribution is 7.89. The molecule has 0 fully saturated rings. The van der Waals surface area contributed by atoms with Crippen molar-refractivity contribution in [3.05, 3.63) is 78.4 Å². The van der Waals surface area contributed by atoms with Crippen LogP contribution in [-0.2, 0) is 10.0 Å². The zero-order valence-electron chi connectivity index (χ0n) is 16.5. The number of nitrogens with zero attached hydrogens (tertiary/aromatic N) is 1. The molecule has 0 saturated heterocycles. The first-order valence-corrected chi connectivity index (χ1v) is 10.8. The molecule has 0 amide bonds. The maximum absolute atomic E-state index is 12.0. The summed E-state index contributed by atoms with van der Waals surface area (Å²) in [5.74, 6) is 1.41. The molecule has 0 saturated carbocycles. The third-order valence-corrected chi connectivity index (χ3v) is 5.79. The van der Waals surface area contributed by atoms with Crippen LogP contribution in [0.15, 0.2) is 82.2 Å². The van der Waals surface area contributed by atoms with Crippen LogP contribution in [0.25, 0.3) is 33.7 Å². The number of aromatic nitrogens is 1. The molecule has 0 atom stereocenters. The fourth-order valence-electron chi connectivity index (χ4n) is 3.24. The molecule has 2 N–H and O–H groups in total. The van der Waals surface area contributed by atoms with Crippen molar-refractivity contribution in [2.24, 2.45) is 5.14 Å². The number of nitrogens with two attached hydrogens (primary N) is 1. The number of aryl methyl sites for hydroxylation is 1. The monoisotopic (exact) mass is 420 g/mol. The highest BCUT2D eigenvalue weighted by Crippen LogP contribution is 2.31. The molecular weight excluding hydrogens is 400 g/mol. The molecule has 1 heterocycles. The molecule has 0 aliphatic rings. The van der Waals surface area contributed by atoms with Gasteiger partial charge in [-0.2, -0.15) is 0 Å². The summed E-state index contributed by atoms with van der Waals surface area (Å²) in [5, 5.41) is 9.54. The lowest BCUT2D eigenvalue weighted by Gasteiger charge is -2.09. The van der Waals surface area contributed by atoms with Gasteiger partial charge < -0.3 is 9.26 Å². The molecule has 1 aromatic heterocycles. The lowest BCUT2D eigenvalue weighted by atomic mass is 10.0. The highest BCUT2D eigenvalue weighted by atomic mass is 32.2. The summed E-state index contributed by atoms with van der Waals surface area (Å²) >= 11 is 0. The smallest absolute Gasteiger partial charge is 0.238 e. The zero-order chi connectivity index (χ0) is 21.3. The van der Waals surface area contributed by atoms with Gasteiger partial charge in [-0.25, -0.2) is 13.6 Å². The van der Waals surface area contributed by atoms with Crippen LogP contribution in [0, 0.1) is 6.92 Å². The number of primary sulfonamides is 1. The Morgan fingerprint density at radius 2 is 1.50 bits per heavy atom. The first-order valence-electron chi connectivity index (χ1n) is 9.20. The molecule has 0 aliphatic carbocycles. The maximum atomic E-state index is 12.0. The second-order valence-electron chi connectivity index (χ2n) is 6.93. The predicted octanol–water partition coefficient (Wildman–Crippen LogP) is 4.64. The summed E-state index contributed by atoms with van der Waals surface area (Å²) in [5.41, 5.74) is 4.70. The van der Waals surface area contributed by atoms with E-state index >= 15 is 0 Å². The van der Waals surface area contributed by atoms with Gasteiger partial charge in [0.1, 0.15) is 11.4 Å². The summed E-state index contributed by atoms with van der Waals surface area (Å²) in [6, 6.07) is 21.9. The van der Waals surface area contributed by atoms with E-state index in [4.69, 9.17) is 14.4 Å². The Balaban J connectivity index is 1.65. The minimum atomic E-state index is -3.83. The Bertz CT molecular complexity index is 1290. The number of hydrogen-bond donors (Lipinski definition) is 1. The fourth-order valence-corrected chi connectivity index (χ4v) is 3.98. The van der Waals surface area contributed by atoms with Crippen LogP contribution >= 0.6 is 0 Å². The second-order valence-corrected chi connectivity index (χ2v) is 8.46. The Hall–Kier alpha value is -3.42. The van der Waals surface area contributed by atoms with Gasteiger partial charge in [-0.1, -0.05) is 47.1 Å². The molecule has 7 heteroatoms. The quantitative estimate of drug-likeness (QED) is 0.507. The van der Waals surface area contributed by atoms with E-state index in [2.05, 4.69) is 5.16 Å². The molecular formula is C23H20N2O4S. The van der Waals surface area contributed by atoms with Crippen LogP contribution in [0.1, 0.15) is 5.56 Å². The van der Waals surface area contributed by atoms with Crippen LogP contribution in [-0.4, -0.2) is 20.7 Å². The van der Waals surface area contributed by atoms with Crippen LogP contribution in [0.4, 0.5) is 0 Å². The topological polar surface area (TPSA) is 95.4 Å². The summed E-state index contributed by atoms with van der Waals surface area (Å²) in [6.45, 7) is 1.90. The van der Waals surface area contributed by atoms with Crippen molar-refractivity contribution >= 4 is 10.0 Å². The van der Waals surface area contributed by atoms with Crippen LogP contribution in [0.3, 0.4) is 0 Å². The standard InChI is InChI=1S/C23H20N2O4S/c1-15-3-12-23(30(24,26)27)20(13-15)16-4-6-17(7-5-16)21-14-22(29-25-21)18-8-10-19(28-2)11-9-18/h3-14H,1-2H3,(H2,24,26,27). The summed E-state index contributed by atoms with van der Waals surface area (Å²) in [4.78, 5) is 0.101. The van der Waals surface area contributed by atoms with Gasteiger partial charge in [-0.3, -0.25) is 0 Å². The van der Waals surface area contributed by atoms with Crippen LogP contribution in [0.5, 0.6) is 5.75 Å². The third-order valence-electron chi connectivity index (χ3n) is 4.82. The Morgan fingerprint density at radius 3 is 2.13 bits per heavy atom. The SMILES string of the molecule is COc1ccc(-c2cc(-c3ccc(-c4cc(C)ccc4S(N)(=O)=O)cc3)no2)cc1. The highest BCUT2D eigenvalue weighted by Gasteiger charge is 2.16. The number of hydrogen-bond acceptors (Lipinski definition) is 5. The average molecular weight is 420 g/mol. The zero-order valence-corrected chi connectivity index (χ0v) is 17.3. The summed E-state index contributed by atoms with van der Waals surface area (Å²) in [7, 11) is -2.21.